The van der Waals surface area contributed by atoms with Crippen LogP contribution in [0.1, 0.15) is 13.3 Å². The van der Waals surface area contributed by atoms with Gasteiger partial charge in [-0.1, -0.05) is 13.5 Å². The van der Waals surface area contributed by atoms with E-state index < -0.39 is 5.91 Å². The van der Waals surface area contributed by atoms with E-state index in [4.69, 9.17) is 10.8 Å². The fraction of sp³-hybridized carbons (Fsp3) is 0.625. The van der Waals surface area contributed by atoms with E-state index in [0.29, 0.717) is 12.0 Å². The molecule has 1 saturated heterocycles. The van der Waals surface area contributed by atoms with Gasteiger partial charge in [0.2, 0.25) is 5.91 Å². The zero-order valence-corrected chi connectivity index (χ0v) is 7.25. The molecule has 1 amide bonds. The summed E-state index contributed by atoms with van der Waals surface area (Å²) in [6.45, 7) is 6.19. The van der Waals surface area contributed by atoms with Crippen LogP contribution in [0.4, 0.5) is 0 Å². The lowest BCUT2D eigenvalue weighted by Gasteiger charge is -1.89. The molecule has 0 spiro atoms. The zero-order chi connectivity index (χ0) is 9.56. The molecule has 1 unspecified atom stereocenters. The third-order valence-electron chi connectivity index (χ3n) is 1.38. The second kappa shape index (κ2) is 5.74. The van der Waals surface area contributed by atoms with Crippen LogP contribution in [0.3, 0.4) is 0 Å². The minimum atomic E-state index is -0.400. The molecule has 70 valence electrons. The average Bonchev–Trinajstić information content (AvgIpc) is 2.86. The van der Waals surface area contributed by atoms with Crippen LogP contribution >= 0.6 is 0 Å². The standard InChI is InChI=1S/C5H9NO.C3H6O2/c1-3-4(2)5(6)7;4-1-3-2-5-3/h2-3H2,1H3,(H2,6,7);3-4H,1-2H2. The van der Waals surface area contributed by atoms with Gasteiger partial charge < -0.3 is 15.6 Å². The van der Waals surface area contributed by atoms with E-state index in [9.17, 15) is 4.79 Å². The zero-order valence-electron chi connectivity index (χ0n) is 7.25. The van der Waals surface area contributed by atoms with Crippen LogP contribution in [0.15, 0.2) is 12.2 Å². The highest BCUT2D eigenvalue weighted by Crippen LogP contribution is 2.04. The summed E-state index contributed by atoms with van der Waals surface area (Å²) in [6, 6.07) is 0. The third kappa shape index (κ3) is 5.88. The molecule has 1 fully saturated rings. The second-order valence-corrected chi connectivity index (χ2v) is 2.46. The number of hydrogen-bond donors (Lipinski definition) is 2. The smallest absolute Gasteiger partial charge is 0.244 e. The van der Waals surface area contributed by atoms with Crippen molar-refractivity contribution in [3.63, 3.8) is 0 Å². The van der Waals surface area contributed by atoms with Crippen molar-refractivity contribution in [3.05, 3.63) is 12.2 Å². The predicted octanol–water partition coefficient (Wildman–Crippen LogP) is -0.185. The van der Waals surface area contributed by atoms with E-state index in [2.05, 4.69) is 11.3 Å². The highest BCUT2D eigenvalue weighted by molar-refractivity contribution is 5.91. The molecule has 0 aliphatic carbocycles. The summed E-state index contributed by atoms with van der Waals surface area (Å²) in [6.07, 6.45) is 0.838. The first kappa shape index (κ1) is 11.1. The van der Waals surface area contributed by atoms with Gasteiger partial charge in [-0.3, -0.25) is 4.79 Å². The number of rotatable bonds is 3. The Morgan fingerprint density at radius 1 is 1.83 bits per heavy atom. The summed E-state index contributed by atoms with van der Waals surface area (Å²) < 4.78 is 4.61. The second-order valence-electron chi connectivity index (χ2n) is 2.46. The van der Waals surface area contributed by atoms with Crippen LogP contribution in [-0.2, 0) is 9.53 Å². The maximum Gasteiger partial charge on any atom is 0.244 e. The number of carbonyl (C=O) groups excluding carboxylic acids is 1. The van der Waals surface area contributed by atoms with Crippen LogP contribution in [0.25, 0.3) is 0 Å². The number of epoxide rings is 1. The molecule has 0 aromatic carbocycles. The number of aliphatic hydroxyl groups is 1. The SMILES string of the molecule is C=C(CC)C(N)=O.OCC1CO1. The number of aliphatic hydroxyl groups excluding tert-OH is 1. The van der Waals surface area contributed by atoms with Crippen molar-refractivity contribution in [3.8, 4) is 0 Å². The first-order valence-electron chi connectivity index (χ1n) is 3.81. The average molecular weight is 173 g/mol. The summed E-state index contributed by atoms with van der Waals surface area (Å²) in [4.78, 5) is 10.1. The molecule has 4 heteroatoms. The van der Waals surface area contributed by atoms with E-state index in [0.717, 1.165) is 6.61 Å². The third-order valence-corrected chi connectivity index (χ3v) is 1.38. The van der Waals surface area contributed by atoms with Crippen molar-refractivity contribution < 1.29 is 14.6 Å². The lowest BCUT2D eigenvalue weighted by molar-refractivity contribution is -0.114. The lowest BCUT2D eigenvalue weighted by atomic mass is 10.2. The quantitative estimate of drug-likeness (QED) is 0.459. The van der Waals surface area contributed by atoms with E-state index in [1.54, 1.807) is 0 Å². The molecule has 1 rings (SSSR count). The highest BCUT2D eigenvalue weighted by Gasteiger charge is 2.19. The number of carbonyl (C=O) groups is 1. The van der Waals surface area contributed by atoms with Gasteiger partial charge in [-0.05, 0) is 6.42 Å². The Morgan fingerprint density at radius 2 is 2.33 bits per heavy atom. The molecule has 0 saturated carbocycles. The van der Waals surface area contributed by atoms with Gasteiger partial charge in [-0.25, -0.2) is 0 Å². The van der Waals surface area contributed by atoms with Crippen molar-refractivity contribution in [2.24, 2.45) is 5.73 Å². The molecule has 3 N–H and O–H groups in total. The van der Waals surface area contributed by atoms with E-state index in [1.165, 1.54) is 0 Å². The Balaban J connectivity index is 0.000000211. The van der Waals surface area contributed by atoms with E-state index in [-0.39, 0.29) is 12.7 Å². The molecular weight excluding hydrogens is 158 g/mol. The molecule has 1 atom stereocenters. The van der Waals surface area contributed by atoms with Crippen LogP contribution < -0.4 is 5.73 Å². The van der Waals surface area contributed by atoms with Gasteiger partial charge >= 0.3 is 0 Å². The number of primary amides is 1. The summed E-state index contributed by atoms with van der Waals surface area (Å²) in [5.41, 5.74) is 5.29. The van der Waals surface area contributed by atoms with Gasteiger partial charge in [0.05, 0.1) is 13.2 Å². The molecule has 12 heavy (non-hydrogen) atoms. The molecule has 0 radical (unpaired) electrons. The Hall–Kier alpha value is -0.870. The molecule has 1 heterocycles. The fourth-order valence-electron chi connectivity index (χ4n) is 0.348. The van der Waals surface area contributed by atoms with E-state index in [1.807, 2.05) is 6.92 Å². The van der Waals surface area contributed by atoms with Gasteiger partial charge in [0, 0.05) is 5.57 Å². The van der Waals surface area contributed by atoms with Crippen molar-refractivity contribution in [2.45, 2.75) is 19.4 Å². The van der Waals surface area contributed by atoms with Crippen LogP contribution in [-0.4, -0.2) is 30.3 Å². The van der Waals surface area contributed by atoms with Crippen molar-refractivity contribution in [1.82, 2.24) is 0 Å². The molecule has 4 nitrogen and oxygen atoms in total. The number of ether oxygens (including phenoxy) is 1. The molecule has 0 bridgehead atoms. The van der Waals surface area contributed by atoms with Crippen LogP contribution in [0.2, 0.25) is 0 Å². The first-order chi connectivity index (χ1) is 5.61. The van der Waals surface area contributed by atoms with Crippen molar-refractivity contribution in [1.29, 1.82) is 0 Å². The minimum absolute atomic E-state index is 0.190. The summed E-state index contributed by atoms with van der Waals surface area (Å²) in [5.74, 6) is -0.400. The number of nitrogens with two attached hydrogens (primary N) is 1. The predicted molar refractivity (Wildman–Crippen MR) is 45.5 cm³/mol. The Morgan fingerprint density at radius 3 is 2.33 bits per heavy atom. The van der Waals surface area contributed by atoms with Gasteiger partial charge in [-0.15, -0.1) is 0 Å². The highest BCUT2D eigenvalue weighted by atomic mass is 16.6. The Bertz CT molecular complexity index is 164. The lowest BCUT2D eigenvalue weighted by Crippen LogP contribution is -2.11. The van der Waals surface area contributed by atoms with E-state index >= 15 is 0 Å². The minimum Gasteiger partial charge on any atom is -0.394 e. The molecule has 1 aliphatic rings. The maximum atomic E-state index is 10.1. The Labute approximate surface area is 72.0 Å². The summed E-state index contributed by atoms with van der Waals surface area (Å²) >= 11 is 0. The molecule has 0 aromatic rings. The van der Waals surface area contributed by atoms with Gasteiger partial charge in [0.1, 0.15) is 6.10 Å². The van der Waals surface area contributed by atoms with Crippen molar-refractivity contribution >= 4 is 5.91 Å². The topological polar surface area (TPSA) is 75.9 Å². The maximum absolute atomic E-state index is 10.1. The van der Waals surface area contributed by atoms with Gasteiger partial charge in [-0.2, -0.15) is 0 Å². The normalized spacial score (nSPS) is 19.0. The van der Waals surface area contributed by atoms with Crippen LogP contribution in [0.5, 0.6) is 0 Å². The van der Waals surface area contributed by atoms with Gasteiger partial charge in [0.15, 0.2) is 0 Å². The molecule has 1 aliphatic heterocycles. The Kier molecular flexibility index (Phi) is 5.32. The molecular formula is C8H15NO3. The summed E-state index contributed by atoms with van der Waals surface area (Å²) in [5, 5.41) is 8.08. The first-order valence-corrected chi connectivity index (χ1v) is 3.81. The fourth-order valence-corrected chi connectivity index (χ4v) is 0.348. The monoisotopic (exact) mass is 173 g/mol. The van der Waals surface area contributed by atoms with Crippen LogP contribution in [0, 0.1) is 0 Å². The largest absolute Gasteiger partial charge is 0.394 e. The van der Waals surface area contributed by atoms with Crippen molar-refractivity contribution in [2.75, 3.05) is 13.2 Å². The summed E-state index contributed by atoms with van der Waals surface area (Å²) in [7, 11) is 0. The molecule has 0 aromatic heterocycles. The van der Waals surface area contributed by atoms with Gasteiger partial charge in [0.25, 0.3) is 0 Å². The number of hydrogen-bond acceptors (Lipinski definition) is 3. The number of amides is 1.